The number of nitrogens with two attached hydrogens (primary N) is 1. The highest BCUT2D eigenvalue weighted by Gasteiger charge is 2.39. The standard InChI is InChI=1S/C13H24N2O3/c1-3-18-11(16)8-15-12(17)13(9-14)6-4-10(2)5-7-13/h10H,3-9,14H2,1-2H3,(H,15,17). The lowest BCUT2D eigenvalue weighted by Crippen LogP contribution is -2.49. The van der Waals surface area contributed by atoms with Gasteiger partial charge in [0.15, 0.2) is 0 Å². The summed E-state index contributed by atoms with van der Waals surface area (Å²) in [4.78, 5) is 23.4. The van der Waals surface area contributed by atoms with Crippen LogP contribution in [0, 0.1) is 11.3 Å². The molecule has 5 heteroatoms. The minimum atomic E-state index is -0.487. The highest BCUT2D eigenvalue weighted by atomic mass is 16.5. The molecule has 1 amide bonds. The number of hydrogen-bond acceptors (Lipinski definition) is 4. The summed E-state index contributed by atoms with van der Waals surface area (Å²) in [5.41, 5.74) is 5.29. The third-order valence-electron chi connectivity index (χ3n) is 3.80. The Morgan fingerprint density at radius 3 is 2.50 bits per heavy atom. The van der Waals surface area contributed by atoms with Crippen LogP contribution in [0.25, 0.3) is 0 Å². The summed E-state index contributed by atoms with van der Waals surface area (Å²) in [5, 5.41) is 2.65. The number of amides is 1. The fourth-order valence-corrected chi connectivity index (χ4v) is 2.39. The number of nitrogens with one attached hydrogen (secondary N) is 1. The van der Waals surface area contributed by atoms with E-state index in [2.05, 4.69) is 12.2 Å². The number of rotatable bonds is 5. The van der Waals surface area contributed by atoms with Gasteiger partial charge in [0.2, 0.25) is 5.91 Å². The first-order valence-electron chi connectivity index (χ1n) is 6.68. The van der Waals surface area contributed by atoms with E-state index in [4.69, 9.17) is 10.5 Å². The smallest absolute Gasteiger partial charge is 0.325 e. The molecule has 0 aromatic heterocycles. The minimum absolute atomic E-state index is 0.0655. The summed E-state index contributed by atoms with van der Waals surface area (Å²) >= 11 is 0. The molecule has 5 nitrogen and oxygen atoms in total. The molecule has 0 bridgehead atoms. The summed E-state index contributed by atoms with van der Waals surface area (Å²) in [6.45, 7) is 4.53. The topological polar surface area (TPSA) is 81.4 Å². The van der Waals surface area contributed by atoms with Gasteiger partial charge in [-0.2, -0.15) is 0 Å². The van der Waals surface area contributed by atoms with Crippen molar-refractivity contribution in [3.05, 3.63) is 0 Å². The van der Waals surface area contributed by atoms with E-state index >= 15 is 0 Å². The van der Waals surface area contributed by atoms with Crippen LogP contribution in [0.5, 0.6) is 0 Å². The first-order valence-corrected chi connectivity index (χ1v) is 6.68. The summed E-state index contributed by atoms with van der Waals surface area (Å²) in [5.74, 6) is 0.148. The average Bonchev–Trinajstić information content (AvgIpc) is 2.38. The van der Waals surface area contributed by atoms with Crippen molar-refractivity contribution in [2.24, 2.45) is 17.1 Å². The van der Waals surface area contributed by atoms with Gasteiger partial charge < -0.3 is 15.8 Å². The maximum atomic E-state index is 12.2. The molecule has 1 saturated carbocycles. The number of carbonyl (C=O) groups excluding carboxylic acids is 2. The van der Waals surface area contributed by atoms with Gasteiger partial charge in [-0.1, -0.05) is 6.92 Å². The zero-order chi connectivity index (χ0) is 13.6. The van der Waals surface area contributed by atoms with Gasteiger partial charge in [0.1, 0.15) is 6.54 Å². The molecular weight excluding hydrogens is 232 g/mol. The van der Waals surface area contributed by atoms with Gasteiger partial charge in [0.25, 0.3) is 0 Å². The van der Waals surface area contributed by atoms with E-state index < -0.39 is 11.4 Å². The van der Waals surface area contributed by atoms with Crippen molar-refractivity contribution < 1.29 is 14.3 Å². The Hall–Kier alpha value is -1.10. The summed E-state index contributed by atoms with van der Waals surface area (Å²) < 4.78 is 4.78. The normalized spacial score (nSPS) is 27.6. The largest absolute Gasteiger partial charge is 0.465 e. The van der Waals surface area contributed by atoms with Crippen LogP contribution in [0.4, 0.5) is 0 Å². The molecule has 0 spiro atoms. The van der Waals surface area contributed by atoms with Crippen LogP contribution < -0.4 is 11.1 Å². The highest BCUT2D eigenvalue weighted by Crippen LogP contribution is 2.38. The van der Waals surface area contributed by atoms with Gasteiger partial charge in [-0.05, 0) is 38.5 Å². The third kappa shape index (κ3) is 3.70. The molecule has 104 valence electrons. The molecule has 0 heterocycles. The quantitative estimate of drug-likeness (QED) is 0.714. The molecular formula is C13H24N2O3. The Balaban J connectivity index is 2.49. The summed E-state index contributed by atoms with van der Waals surface area (Å²) in [6.07, 6.45) is 3.65. The van der Waals surface area contributed by atoms with E-state index in [1.165, 1.54) is 0 Å². The van der Waals surface area contributed by atoms with Crippen LogP contribution in [0.15, 0.2) is 0 Å². The highest BCUT2D eigenvalue weighted by molar-refractivity contribution is 5.86. The molecule has 1 aliphatic carbocycles. The second-order valence-corrected chi connectivity index (χ2v) is 5.15. The van der Waals surface area contributed by atoms with E-state index in [0.717, 1.165) is 25.7 Å². The fraction of sp³-hybridized carbons (Fsp3) is 0.846. The van der Waals surface area contributed by atoms with Crippen molar-refractivity contribution in [2.45, 2.75) is 39.5 Å². The third-order valence-corrected chi connectivity index (χ3v) is 3.80. The van der Waals surface area contributed by atoms with Crippen LogP contribution in [0.2, 0.25) is 0 Å². The molecule has 18 heavy (non-hydrogen) atoms. The minimum Gasteiger partial charge on any atom is -0.465 e. The SMILES string of the molecule is CCOC(=O)CNC(=O)C1(CN)CCC(C)CC1. The Morgan fingerprint density at radius 2 is 2.00 bits per heavy atom. The Morgan fingerprint density at radius 1 is 1.39 bits per heavy atom. The van der Waals surface area contributed by atoms with Crippen molar-refractivity contribution in [3.8, 4) is 0 Å². The molecule has 0 aromatic carbocycles. The van der Waals surface area contributed by atoms with Crippen molar-refractivity contribution in [3.63, 3.8) is 0 Å². The van der Waals surface area contributed by atoms with Gasteiger partial charge in [0, 0.05) is 6.54 Å². The van der Waals surface area contributed by atoms with Crippen LogP contribution in [-0.4, -0.2) is 31.6 Å². The van der Waals surface area contributed by atoms with Crippen molar-refractivity contribution in [1.82, 2.24) is 5.32 Å². The van der Waals surface area contributed by atoms with Crippen molar-refractivity contribution >= 4 is 11.9 Å². The van der Waals surface area contributed by atoms with Crippen LogP contribution in [0.1, 0.15) is 39.5 Å². The molecule has 0 aromatic rings. The van der Waals surface area contributed by atoms with E-state index in [1.807, 2.05) is 0 Å². The second-order valence-electron chi connectivity index (χ2n) is 5.15. The lowest BCUT2D eigenvalue weighted by Gasteiger charge is -2.37. The van der Waals surface area contributed by atoms with Gasteiger partial charge >= 0.3 is 5.97 Å². The van der Waals surface area contributed by atoms with E-state index in [-0.39, 0.29) is 12.5 Å². The summed E-state index contributed by atoms with van der Waals surface area (Å²) in [6, 6.07) is 0. The van der Waals surface area contributed by atoms with Gasteiger partial charge in [-0.25, -0.2) is 0 Å². The monoisotopic (exact) mass is 256 g/mol. The van der Waals surface area contributed by atoms with E-state index in [1.54, 1.807) is 6.92 Å². The van der Waals surface area contributed by atoms with Gasteiger partial charge in [-0.15, -0.1) is 0 Å². The number of hydrogen-bond donors (Lipinski definition) is 2. The second kappa shape index (κ2) is 6.73. The lowest BCUT2D eigenvalue weighted by atomic mass is 9.70. The molecule has 0 atom stereocenters. The molecule has 0 unspecified atom stereocenters. The summed E-state index contributed by atoms with van der Waals surface area (Å²) in [7, 11) is 0. The lowest BCUT2D eigenvalue weighted by molar-refractivity contribution is -0.145. The van der Waals surface area contributed by atoms with E-state index in [0.29, 0.717) is 19.1 Å². The first-order chi connectivity index (χ1) is 8.54. The number of ether oxygens (including phenoxy) is 1. The fourth-order valence-electron chi connectivity index (χ4n) is 2.39. The Bertz CT molecular complexity index is 297. The van der Waals surface area contributed by atoms with Crippen molar-refractivity contribution in [1.29, 1.82) is 0 Å². The molecule has 1 aliphatic rings. The van der Waals surface area contributed by atoms with Gasteiger partial charge in [-0.3, -0.25) is 9.59 Å². The maximum Gasteiger partial charge on any atom is 0.325 e. The molecule has 1 rings (SSSR count). The predicted molar refractivity (Wildman–Crippen MR) is 68.8 cm³/mol. The molecule has 0 aliphatic heterocycles. The number of carbonyl (C=O) groups is 2. The van der Waals surface area contributed by atoms with Crippen LogP contribution in [0.3, 0.4) is 0 Å². The Labute approximate surface area is 108 Å². The Kier molecular flexibility index (Phi) is 5.59. The number of esters is 1. The van der Waals surface area contributed by atoms with Crippen molar-refractivity contribution in [2.75, 3.05) is 19.7 Å². The molecule has 0 radical (unpaired) electrons. The predicted octanol–water partition coefficient (Wildman–Crippen LogP) is 0.821. The van der Waals surface area contributed by atoms with Crippen LogP contribution >= 0.6 is 0 Å². The van der Waals surface area contributed by atoms with E-state index in [9.17, 15) is 9.59 Å². The average molecular weight is 256 g/mol. The maximum absolute atomic E-state index is 12.2. The first kappa shape index (κ1) is 15.0. The van der Waals surface area contributed by atoms with Gasteiger partial charge in [0.05, 0.1) is 12.0 Å². The van der Waals surface area contributed by atoms with Crippen LogP contribution in [-0.2, 0) is 14.3 Å². The zero-order valence-corrected chi connectivity index (χ0v) is 11.3. The molecule has 0 saturated heterocycles. The zero-order valence-electron chi connectivity index (χ0n) is 11.3. The molecule has 1 fully saturated rings. The molecule has 3 N–H and O–H groups in total.